The second kappa shape index (κ2) is 8.77. The number of carboxylic acids is 1. The highest BCUT2D eigenvalue weighted by Crippen LogP contribution is 2.09. The zero-order chi connectivity index (χ0) is 15.0. The lowest BCUT2D eigenvalue weighted by Gasteiger charge is -2.30. The summed E-state index contributed by atoms with van der Waals surface area (Å²) in [6.45, 7) is 10.6. The van der Waals surface area contributed by atoms with Crippen LogP contribution in [0, 0.1) is 5.92 Å². The third-order valence-electron chi connectivity index (χ3n) is 3.52. The first-order valence-electron chi connectivity index (χ1n) is 7.08. The van der Waals surface area contributed by atoms with Crippen molar-refractivity contribution in [2.75, 3.05) is 6.54 Å². The number of nitrogens with zero attached hydrogens (tertiary/aromatic N) is 1. The number of carbonyl (C=O) groups excluding carboxylic acids is 1. The van der Waals surface area contributed by atoms with Gasteiger partial charge in [0.15, 0.2) is 0 Å². The number of rotatable bonds is 8. The van der Waals surface area contributed by atoms with E-state index in [1.165, 1.54) is 0 Å². The number of hydrogen-bond donors (Lipinski definition) is 2. The summed E-state index contributed by atoms with van der Waals surface area (Å²) in [6, 6.07) is 0.0874. The van der Waals surface area contributed by atoms with E-state index < -0.39 is 5.97 Å². The molecule has 0 aliphatic rings. The highest BCUT2D eigenvalue weighted by atomic mass is 16.4. The van der Waals surface area contributed by atoms with E-state index >= 15 is 0 Å². The maximum absolute atomic E-state index is 12.2. The molecule has 2 N–H and O–H groups in total. The number of aliphatic carboxylic acids is 1. The highest BCUT2D eigenvalue weighted by Gasteiger charge is 2.20. The van der Waals surface area contributed by atoms with E-state index in [0.29, 0.717) is 18.9 Å². The third kappa shape index (κ3) is 7.03. The molecule has 0 aliphatic carbocycles. The smallest absolute Gasteiger partial charge is 0.317 e. The number of carbonyl (C=O) groups is 2. The van der Waals surface area contributed by atoms with Crippen molar-refractivity contribution in [3.8, 4) is 0 Å². The molecule has 0 aliphatic heterocycles. The van der Waals surface area contributed by atoms with Gasteiger partial charge in [0, 0.05) is 25.0 Å². The van der Waals surface area contributed by atoms with Gasteiger partial charge in [0.25, 0.3) is 0 Å². The molecule has 2 unspecified atom stereocenters. The fourth-order valence-electron chi connectivity index (χ4n) is 1.77. The van der Waals surface area contributed by atoms with Gasteiger partial charge in [-0.2, -0.15) is 0 Å². The summed E-state index contributed by atoms with van der Waals surface area (Å²) in [5.41, 5.74) is 0. The van der Waals surface area contributed by atoms with Crippen LogP contribution < -0.4 is 5.32 Å². The molecule has 0 bridgehead atoms. The molecule has 0 aromatic heterocycles. The summed E-state index contributed by atoms with van der Waals surface area (Å²) < 4.78 is 0. The maximum atomic E-state index is 12.2. The summed E-state index contributed by atoms with van der Waals surface area (Å²) in [4.78, 5) is 24.4. The van der Waals surface area contributed by atoms with Gasteiger partial charge in [-0.1, -0.05) is 20.3 Å². The van der Waals surface area contributed by atoms with Crippen LogP contribution in [0.4, 0.5) is 4.79 Å². The molecule has 112 valence electrons. The van der Waals surface area contributed by atoms with Crippen LogP contribution in [-0.4, -0.2) is 40.6 Å². The standard InChI is InChI=1S/C14H28N2O3/c1-6-11(4)12(5)15-14(19)16(10(2)3)9-7-8-13(17)18/h10-12H,6-9H2,1-5H3,(H,15,19)(H,17,18). The summed E-state index contributed by atoms with van der Waals surface area (Å²) in [7, 11) is 0. The molecule has 5 heteroatoms. The van der Waals surface area contributed by atoms with Gasteiger partial charge in [0.05, 0.1) is 0 Å². The van der Waals surface area contributed by atoms with Crippen LogP contribution in [0.1, 0.15) is 53.9 Å². The molecule has 0 heterocycles. The van der Waals surface area contributed by atoms with Crippen molar-refractivity contribution in [2.45, 2.75) is 66.0 Å². The first-order valence-corrected chi connectivity index (χ1v) is 7.08. The Hall–Kier alpha value is -1.26. The summed E-state index contributed by atoms with van der Waals surface area (Å²) in [6.07, 6.45) is 1.60. The predicted molar refractivity (Wildman–Crippen MR) is 76.2 cm³/mol. The van der Waals surface area contributed by atoms with Crippen molar-refractivity contribution in [1.82, 2.24) is 10.2 Å². The molecule has 0 spiro atoms. The van der Waals surface area contributed by atoms with Crippen molar-refractivity contribution >= 4 is 12.0 Å². The Morgan fingerprint density at radius 2 is 1.79 bits per heavy atom. The van der Waals surface area contributed by atoms with Crippen LogP contribution >= 0.6 is 0 Å². The lowest BCUT2D eigenvalue weighted by atomic mass is 10.0. The topological polar surface area (TPSA) is 69.6 Å². The average Bonchev–Trinajstić information content (AvgIpc) is 2.32. The van der Waals surface area contributed by atoms with Crippen LogP contribution in [-0.2, 0) is 4.79 Å². The first-order chi connectivity index (χ1) is 8.79. The van der Waals surface area contributed by atoms with Gasteiger partial charge in [0.2, 0.25) is 0 Å². The van der Waals surface area contributed by atoms with E-state index in [2.05, 4.69) is 19.2 Å². The summed E-state index contributed by atoms with van der Waals surface area (Å²) in [5, 5.41) is 11.6. The zero-order valence-corrected chi connectivity index (χ0v) is 12.8. The monoisotopic (exact) mass is 272 g/mol. The first kappa shape index (κ1) is 17.7. The van der Waals surface area contributed by atoms with E-state index in [4.69, 9.17) is 5.11 Å². The zero-order valence-electron chi connectivity index (χ0n) is 12.8. The maximum Gasteiger partial charge on any atom is 0.317 e. The minimum absolute atomic E-state index is 0.0675. The Morgan fingerprint density at radius 3 is 2.21 bits per heavy atom. The lowest BCUT2D eigenvalue weighted by molar-refractivity contribution is -0.137. The summed E-state index contributed by atoms with van der Waals surface area (Å²) >= 11 is 0. The molecule has 0 aromatic carbocycles. The molecule has 0 saturated carbocycles. The molecule has 2 amide bonds. The number of urea groups is 1. The number of nitrogens with one attached hydrogen (secondary N) is 1. The fraction of sp³-hybridized carbons (Fsp3) is 0.857. The second-order valence-corrected chi connectivity index (χ2v) is 5.41. The van der Waals surface area contributed by atoms with E-state index in [1.54, 1.807) is 4.90 Å². The van der Waals surface area contributed by atoms with Crippen LogP contribution in [0.25, 0.3) is 0 Å². The van der Waals surface area contributed by atoms with E-state index in [0.717, 1.165) is 6.42 Å². The normalized spacial score (nSPS) is 14.0. The van der Waals surface area contributed by atoms with Crippen molar-refractivity contribution in [3.05, 3.63) is 0 Å². The van der Waals surface area contributed by atoms with Gasteiger partial charge >= 0.3 is 12.0 Å². The van der Waals surface area contributed by atoms with Crippen LogP contribution in [0.15, 0.2) is 0 Å². The Morgan fingerprint density at radius 1 is 1.21 bits per heavy atom. The number of amides is 2. The molecule has 0 fully saturated rings. The Balaban J connectivity index is 4.37. The van der Waals surface area contributed by atoms with Gasteiger partial charge in [-0.15, -0.1) is 0 Å². The number of hydrogen-bond acceptors (Lipinski definition) is 2. The number of carboxylic acid groups (broad SMARTS) is 1. The average molecular weight is 272 g/mol. The van der Waals surface area contributed by atoms with E-state index in [-0.39, 0.29) is 24.5 Å². The van der Waals surface area contributed by atoms with Gasteiger partial charge < -0.3 is 15.3 Å². The van der Waals surface area contributed by atoms with Crippen molar-refractivity contribution in [1.29, 1.82) is 0 Å². The van der Waals surface area contributed by atoms with E-state index in [9.17, 15) is 9.59 Å². The Labute approximate surface area is 116 Å². The fourth-order valence-corrected chi connectivity index (χ4v) is 1.77. The SMILES string of the molecule is CCC(C)C(C)NC(=O)N(CCCC(=O)O)C(C)C. The lowest BCUT2D eigenvalue weighted by Crippen LogP contribution is -2.48. The molecule has 0 aromatic rings. The Kier molecular flexibility index (Phi) is 8.19. The minimum atomic E-state index is -0.822. The molecular formula is C14H28N2O3. The molecule has 0 rings (SSSR count). The molecule has 2 atom stereocenters. The minimum Gasteiger partial charge on any atom is -0.481 e. The molecule has 19 heavy (non-hydrogen) atoms. The van der Waals surface area contributed by atoms with Crippen LogP contribution in [0.5, 0.6) is 0 Å². The summed E-state index contributed by atoms with van der Waals surface area (Å²) in [5.74, 6) is -0.394. The van der Waals surface area contributed by atoms with E-state index in [1.807, 2.05) is 20.8 Å². The highest BCUT2D eigenvalue weighted by molar-refractivity contribution is 5.75. The molecule has 5 nitrogen and oxygen atoms in total. The van der Waals surface area contributed by atoms with Gasteiger partial charge in [0.1, 0.15) is 0 Å². The van der Waals surface area contributed by atoms with Crippen molar-refractivity contribution < 1.29 is 14.7 Å². The molecular weight excluding hydrogens is 244 g/mol. The van der Waals surface area contributed by atoms with Gasteiger partial charge in [-0.3, -0.25) is 4.79 Å². The largest absolute Gasteiger partial charge is 0.481 e. The van der Waals surface area contributed by atoms with Gasteiger partial charge in [-0.25, -0.2) is 4.79 Å². The molecule has 0 radical (unpaired) electrons. The molecule has 0 saturated heterocycles. The van der Waals surface area contributed by atoms with Gasteiger partial charge in [-0.05, 0) is 33.1 Å². The second-order valence-electron chi connectivity index (χ2n) is 5.41. The Bertz CT molecular complexity index is 292. The quantitative estimate of drug-likeness (QED) is 0.713. The van der Waals surface area contributed by atoms with Crippen LogP contribution in [0.2, 0.25) is 0 Å². The third-order valence-corrected chi connectivity index (χ3v) is 3.52. The van der Waals surface area contributed by atoms with Crippen LogP contribution in [0.3, 0.4) is 0 Å². The van der Waals surface area contributed by atoms with Crippen molar-refractivity contribution in [3.63, 3.8) is 0 Å². The predicted octanol–water partition coefficient (Wildman–Crippen LogP) is 2.71. The van der Waals surface area contributed by atoms with Crippen molar-refractivity contribution in [2.24, 2.45) is 5.92 Å².